The molecular weight excluding hydrogens is 316 g/mol. The largest absolute Gasteiger partial charge is 0.310 e. The maximum Gasteiger partial charge on any atom is 0.107 e. The molecule has 1 unspecified atom stereocenters. The van der Waals surface area contributed by atoms with Gasteiger partial charge in [-0.05, 0) is 30.3 Å². The van der Waals surface area contributed by atoms with Crippen LogP contribution in [0, 0.1) is 0 Å². The van der Waals surface area contributed by atoms with Gasteiger partial charge in [0.15, 0.2) is 0 Å². The highest BCUT2D eigenvalue weighted by atomic mass is 32.2. The summed E-state index contributed by atoms with van der Waals surface area (Å²) in [7, 11) is -2.95. The zero-order valence-corrected chi connectivity index (χ0v) is 16.2. The number of unbranched alkanes of at least 4 members (excludes halogenated alkanes) is 12. The second-order valence-corrected chi connectivity index (χ2v) is 8.67. The fourth-order valence-corrected chi connectivity index (χ4v) is 4.17. The Bertz CT molecular complexity index is 516. The molecule has 0 aliphatic carbocycles. The minimum absolute atomic E-state index is 0.518. The molecule has 1 aromatic carbocycles. The normalized spacial score (nSPS) is 13.6. The summed E-state index contributed by atoms with van der Waals surface area (Å²) in [5.74, 6) is 0. The van der Waals surface area contributed by atoms with Crippen molar-refractivity contribution in [3.05, 3.63) is 30.3 Å². The molecule has 1 rings (SSSR count). The molecule has 0 amide bonds. The molecule has 0 bridgehead atoms. The molecule has 0 saturated heterocycles. The van der Waals surface area contributed by atoms with Crippen molar-refractivity contribution in [2.75, 3.05) is 0 Å². The number of benzene rings is 1. The average molecular weight is 353 g/mol. The van der Waals surface area contributed by atoms with Crippen LogP contribution in [0.25, 0.3) is 0 Å². The van der Waals surface area contributed by atoms with Gasteiger partial charge in [0, 0.05) is 0 Å². The van der Waals surface area contributed by atoms with E-state index in [2.05, 4.69) is 6.92 Å². The van der Waals surface area contributed by atoms with Gasteiger partial charge in [-0.15, -0.1) is 0 Å². The molecule has 2 nitrogen and oxygen atoms in total. The quantitative estimate of drug-likeness (QED) is 0.299. The lowest BCUT2D eigenvalue weighted by molar-refractivity contribution is 0.545. The summed E-state index contributed by atoms with van der Waals surface area (Å²) >= 11 is 0. The monoisotopic (exact) mass is 352 g/mol. The van der Waals surface area contributed by atoms with E-state index in [1.807, 2.05) is 18.2 Å². The van der Waals surface area contributed by atoms with Crippen LogP contribution in [0.4, 0.5) is 0 Å². The first-order chi connectivity index (χ1) is 11.7. The van der Waals surface area contributed by atoms with E-state index in [-0.39, 0.29) is 0 Å². The van der Waals surface area contributed by atoms with Gasteiger partial charge in [0.1, 0.15) is 9.80 Å². The topological polar surface area (TPSA) is 37.3 Å². The van der Waals surface area contributed by atoms with Gasteiger partial charge in [-0.3, -0.25) is 0 Å². The Morgan fingerprint density at radius 3 is 1.75 bits per heavy atom. The van der Waals surface area contributed by atoms with Gasteiger partial charge in [0.2, 0.25) is 0 Å². The molecule has 0 aromatic heterocycles. The van der Waals surface area contributed by atoms with Crippen LogP contribution < -0.4 is 0 Å². The summed E-state index contributed by atoms with van der Waals surface area (Å²) in [6.07, 6.45) is 16.5. The van der Waals surface area contributed by atoms with Crippen LogP contribution in [0.5, 0.6) is 0 Å². The van der Waals surface area contributed by atoms with Crippen molar-refractivity contribution >= 4 is 15.2 Å². The Balaban J connectivity index is 1.99. The summed E-state index contributed by atoms with van der Waals surface area (Å²) in [6, 6.07) is 8.93. The van der Waals surface area contributed by atoms with E-state index in [0.29, 0.717) is 4.90 Å². The van der Waals surface area contributed by atoms with Gasteiger partial charge in [-0.25, -0.2) is 4.21 Å². The molecule has 1 aromatic rings. The van der Waals surface area contributed by atoms with Gasteiger partial charge in [-0.1, -0.05) is 95.8 Å². The first kappa shape index (κ1) is 21.2. The van der Waals surface area contributed by atoms with Crippen molar-refractivity contribution in [3.8, 4) is 0 Å². The summed E-state index contributed by atoms with van der Waals surface area (Å²) in [4.78, 5) is 0.518. The molecule has 0 radical (unpaired) electrons. The number of rotatable bonds is 14. The minimum Gasteiger partial charge on any atom is -0.310 e. The second-order valence-electron chi connectivity index (χ2n) is 6.73. The Morgan fingerprint density at radius 2 is 1.25 bits per heavy atom. The summed E-state index contributed by atoms with van der Waals surface area (Å²) in [6.45, 7) is 2.26. The summed E-state index contributed by atoms with van der Waals surface area (Å²) in [5.41, 5.74) is 0. The number of hydrogen-bond donors (Lipinski definition) is 1. The highest BCUT2D eigenvalue weighted by Crippen LogP contribution is 2.13. The van der Waals surface area contributed by atoms with Gasteiger partial charge in [0.05, 0.1) is 4.90 Å². The van der Waals surface area contributed by atoms with Crippen molar-refractivity contribution in [2.24, 2.45) is 0 Å². The highest BCUT2D eigenvalue weighted by Gasteiger charge is 2.04. The van der Waals surface area contributed by atoms with E-state index >= 15 is 0 Å². The maximum atomic E-state index is 12.2. The van der Waals surface area contributed by atoms with Crippen LogP contribution in [0.15, 0.2) is 35.2 Å². The van der Waals surface area contributed by atoms with Crippen LogP contribution in [0.1, 0.15) is 90.4 Å². The zero-order valence-electron chi connectivity index (χ0n) is 15.4. The minimum atomic E-state index is -2.95. The highest BCUT2D eigenvalue weighted by molar-refractivity contribution is 7.96. The van der Waals surface area contributed by atoms with E-state index < -0.39 is 9.80 Å². The molecule has 3 heteroatoms. The lowest BCUT2D eigenvalue weighted by Gasteiger charge is -2.04. The van der Waals surface area contributed by atoms with E-state index in [1.165, 1.54) is 64.2 Å². The van der Waals surface area contributed by atoms with E-state index in [9.17, 15) is 8.76 Å². The van der Waals surface area contributed by atoms with Gasteiger partial charge < -0.3 is 4.55 Å². The van der Waals surface area contributed by atoms with Gasteiger partial charge in [0.25, 0.3) is 0 Å². The van der Waals surface area contributed by atoms with Crippen molar-refractivity contribution in [1.82, 2.24) is 0 Å². The third-order valence-electron chi connectivity index (χ3n) is 4.48. The van der Waals surface area contributed by atoms with E-state index in [0.717, 1.165) is 19.3 Å². The van der Waals surface area contributed by atoms with Crippen molar-refractivity contribution in [1.29, 1.82) is 0 Å². The molecule has 0 saturated carbocycles. The fraction of sp³-hybridized carbons (Fsp3) is 0.667. The third-order valence-corrected chi connectivity index (χ3v) is 6.12. The third kappa shape index (κ3) is 10.1. The molecule has 0 fully saturated rings. The Labute approximate surface area is 149 Å². The second kappa shape index (κ2) is 13.5. The van der Waals surface area contributed by atoms with Crippen LogP contribution in [0.3, 0.4) is 0 Å². The first-order valence-corrected chi connectivity index (χ1v) is 11.4. The van der Waals surface area contributed by atoms with Crippen molar-refractivity contribution in [3.63, 3.8) is 0 Å². The fourth-order valence-electron chi connectivity index (χ4n) is 2.94. The SMILES string of the molecule is CCCCCCCCCCCCCCC=S(=O)(O)c1ccccc1. The first-order valence-electron chi connectivity index (χ1n) is 9.82. The van der Waals surface area contributed by atoms with Crippen LogP contribution in [-0.2, 0) is 9.80 Å². The predicted octanol–water partition coefficient (Wildman–Crippen LogP) is 6.70. The molecule has 138 valence electrons. The average Bonchev–Trinajstić information content (AvgIpc) is 2.60. The Morgan fingerprint density at radius 1 is 0.792 bits per heavy atom. The lowest BCUT2D eigenvalue weighted by atomic mass is 10.1. The van der Waals surface area contributed by atoms with Crippen molar-refractivity contribution in [2.45, 2.75) is 95.3 Å². The predicted molar refractivity (Wildman–Crippen MR) is 107 cm³/mol. The molecule has 0 aliphatic heterocycles. The van der Waals surface area contributed by atoms with Gasteiger partial charge >= 0.3 is 0 Å². The summed E-state index contributed by atoms with van der Waals surface area (Å²) in [5, 5.41) is 1.60. The Hall–Kier alpha value is -0.800. The van der Waals surface area contributed by atoms with Gasteiger partial charge in [-0.2, -0.15) is 0 Å². The zero-order chi connectivity index (χ0) is 17.5. The number of hydrogen-bond acceptors (Lipinski definition) is 1. The van der Waals surface area contributed by atoms with Crippen molar-refractivity contribution < 1.29 is 8.76 Å². The summed E-state index contributed by atoms with van der Waals surface area (Å²) < 4.78 is 22.2. The molecular formula is C21H36O2S. The van der Waals surface area contributed by atoms with Crippen LogP contribution in [0.2, 0.25) is 0 Å². The lowest BCUT2D eigenvalue weighted by Crippen LogP contribution is -2.02. The molecule has 0 spiro atoms. The van der Waals surface area contributed by atoms with E-state index in [4.69, 9.17) is 0 Å². The molecule has 24 heavy (non-hydrogen) atoms. The molecule has 1 N–H and O–H groups in total. The van der Waals surface area contributed by atoms with E-state index in [1.54, 1.807) is 17.5 Å². The maximum absolute atomic E-state index is 12.2. The molecule has 0 aliphatic rings. The molecule has 0 heterocycles. The standard InChI is InChI=1S/C21H36O2S/c1-2-3-4-5-6-7-8-9-10-11-12-13-17-20-24(22,23)21-18-15-14-16-19-21/h14-16,18-20H,2-13,17H2,1H3,(H,22,23). The Kier molecular flexibility index (Phi) is 11.9. The molecule has 1 atom stereocenters. The van der Waals surface area contributed by atoms with Crippen LogP contribution in [-0.4, -0.2) is 14.1 Å². The smallest absolute Gasteiger partial charge is 0.107 e. The van der Waals surface area contributed by atoms with Crippen LogP contribution >= 0.6 is 0 Å².